The van der Waals surface area contributed by atoms with E-state index in [2.05, 4.69) is 15.6 Å². The van der Waals surface area contributed by atoms with Crippen LogP contribution in [-0.2, 0) is 4.79 Å². The van der Waals surface area contributed by atoms with Gasteiger partial charge in [0.15, 0.2) is 0 Å². The first-order chi connectivity index (χ1) is 8.95. The second-order valence-electron chi connectivity index (χ2n) is 4.62. The minimum atomic E-state index is -0.442. The highest BCUT2D eigenvalue weighted by Gasteiger charge is 2.25. The van der Waals surface area contributed by atoms with E-state index in [4.69, 9.17) is 4.42 Å². The summed E-state index contributed by atoms with van der Waals surface area (Å²) in [6, 6.07) is -0.201. The molecule has 7 heteroatoms. The monoisotopic (exact) mass is 283 g/mol. The molecule has 2 N–H and O–H groups in total. The largest absolute Gasteiger partial charge is 0.437 e. The molecule has 1 aromatic rings. The van der Waals surface area contributed by atoms with Crippen molar-refractivity contribution >= 4 is 23.7 Å². The van der Waals surface area contributed by atoms with E-state index in [1.165, 1.54) is 11.8 Å². The second-order valence-corrected chi connectivity index (χ2v) is 5.91. The molecule has 19 heavy (non-hydrogen) atoms. The Bertz CT molecular complexity index is 477. The Labute approximate surface area is 115 Å². The first-order valence-corrected chi connectivity index (χ1v) is 7.05. The zero-order valence-electron chi connectivity index (χ0n) is 11.1. The number of imide groups is 1. The standard InChI is InChI=1S/C12H17N3O3S/c1-6-7(2)18-12(13-6)19-8(3)10(16)15-11(17)14-9-4-5-9/h8-9H,4-5H2,1-3H3,(H2,14,15,16,17)/t8-/m0/s1. The zero-order chi connectivity index (χ0) is 14.0. The Morgan fingerprint density at radius 3 is 2.63 bits per heavy atom. The number of aryl methyl sites for hydroxylation is 2. The maximum absolute atomic E-state index is 11.8. The topological polar surface area (TPSA) is 84.2 Å². The molecule has 1 saturated carbocycles. The van der Waals surface area contributed by atoms with Crippen LogP contribution in [0.25, 0.3) is 0 Å². The fourth-order valence-corrected chi connectivity index (χ4v) is 2.19. The number of hydrogen-bond acceptors (Lipinski definition) is 5. The van der Waals surface area contributed by atoms with Crippen molar-refractivity contribution in [2.24, 2.45) is 0 Å². The SMILES string of the molecule is Cc1nc(S[C@@H](C)C(=O)NC(=O)NC2CC2)oc1C. The van der Waals surface area contributed by atoms with Crippen LogP contribution in [0.4, 0.5) is 4.79 Å². The van der Waals surface area contributed by atoms with Crippen LogP contribution < -0.4 is 10.6 Å². The van der Waals surface area contributed by atoms with E-state index >= 15 is 0 Å². The molecule has 1 aliphatic rings. The summed E-state index contributed by atoms with van der Waals surface area (Å²) >= 11 is 1.19. The quantitative estimate of drug-likeness (QED) is 0.823. The third kappa shape index (κ3) is 3.99. The molecule has 0 saturated heterocycles. The summed E-state index contributed by atoms with van der Waals surface area (Å²) in [5.41, 5.74) is 0.807. The first kappa shape index (κ1) is 13.9. The van der Waals surface area contributed by atoms with Crippen molar-refractivity contribution in [1.82, 2.24) is 15.6 Å². The van der Waals surface area contributed by atoms with Gasteiger partial charge in [-0.15, -0.1) is 0 Å². The normalized spacial score (nSPS) is 15.9. The first-order valence-electron chi connectivity index (χ1n) is 6.17. The molecule has 0 unspecified atom stereocenters. The minimum Gasteiger partial charge on any atom is -0.437 e. The maximum Gasteiger partial charge on any atom is 0.321 e. The maximum atomic E-state index is 11.8. The number of thioether (sulfide) groups is 1. The van der Waals surface area contributed by atoms with E-state index < -0.39 is 11.3 Å². The Morgan fingerprint density at radius 2 is 2.11 bits per heavy atom. The number of nitrogens with zero attached hydrogens (tertiary/aromatic N) is 1. The molecule has 0 aromatic carbocycles. The van der Waals surface area contributed by atoms with Gasteiger partial charge in [-0.25, -0.2) is 9.78 Å². The number of carbonyl (C=O) groups is 2. The molecule has 6 nitrogen and oxygen atoms in total. The molecular weight excluding hydrogens is 266 g/mol. The van der Waals surface area contributed by atoms with Gasteiger partial charge in [-0.2, -0.15) is 0 Å². The summed E-state index contributed by atoms with van der Waals surface area (Å²) in [5, 5.41) is 5.01. The third-order valence-corrected chi connectivity index (χ3v) is 3.75. The predicted molar refractivity (Wildman–Crippen MR) is 71.0 cm³/mol. The van der Waals surface area contributed by atoms with Gasteiger partial charge in [0.25, 0.3) is 5.22 Å². The van der Waals surface area contributed by atoms with E-state index in [9.17, 15) is 9.59 Å². The van der Waals surface area contributed by atoms with Crippen molar-refractivity contribution in [1.29, 1.82) is 0 Å². The fraction of sp³-hybridized carbons (Fsp3) is 0.583. The average Bonchev–Trinajstić information content (AvgIpc) is 3.06. The summed E-state index contributed by atoms with van der Waals surface area (Å²) in [4.78, 5) is 27.4. The van der Waals surface area contributed by atoms with Gasteiger partial charge in [0.05, 0.1) is 10.9 Å². The van der Waals surface area contributed by atoms with Gasteiger partial charge in [-0.1, -0.05) is 11.8 Å². The second kappa shape index (κ2) is 5.64. The minimum absolute atomic E-state index is 0.229. The molecule has 3 amide bonds. The fourth-order valence-electron chi connectivity index (χ4n) is 1.36. The number of carbonyl (C=O) groups excluding carboxylic acids is 2. The van der Waals surface area contributed by atoms with Crippen LogP contribution in [0.2, 0.25) is 0 Å². The van der Waals surface area contributed by atoms with E-state index in [1.54, 1.807) is 6.92 Å². The van der Waals surface area contributed by atoms with Crippen molar-refractivity contribution in [2.75, 3.05) is 0 Å². The van der Waals surface area contributed by atoms with Crippen molar-refractivity contribution in [2.45, 2.75) is 50.1 Å². The van der Waals surface area contributed by atoms with Crippen LogP contribution >= 0.6 is 11.8 Å². The van der Waals surface area contributed by atoms with Crippen LogP contribution in [0.5, 0.6) is 0 Å². The Kier molecular flexibility index (Phi) is 4.14. The van der Waals surface area contributed by atoms with Gasteiger partial charge in [-0.3, -0.25) is 10.1 Å². The highest BCUT2D eigenvalue weighted by atomic mass is 32.2. The van der Waals surface area contributed by atoms with Gasteiger partial charge in [0, 0.05) is 6.04 Å². The molecule has 1 fully saturated rings. The van der Waals surface area contributed by atoms with Crippen molar-refractivity contribution in [3.63, 3.8) is 0 Å². The molecule has 0 spiro atoms. The highest BCUT2D eigenvalue weighted by molar-refractivity contribution is 8.00. The predicted octanol–water partition coefficient (Wildman–Crippen LogP) is 1.76. The molecule has 0 radical (unpaired) electrons. The summed E-state index contributed by atoms with van der Waals surface area (Å²) < 4.78 is 5.39. The number of aromatic nitrogens is 1. The smallest absolute Gasteiger partial charge is 0.321 e. The number of nitrogens with one attached hydrogen (secondary N) is 2. The van der Waals surface area contributed by atoms with E-state index in [-0.39, 0.29) is 11.9 Å². The lowest BCUT2D eigenvalue weighted by Gasteiger charge is -2.09. The molecule has 0 aliphatic heterocycles. The van der Waals surface area contributed by atoms with Gasteiger partial charge in [0.2, 0.25) is 5.91 Å². The summed E-state index contributed by atoms with van der Waals surface area (Å²) in [5.74, 6) is 0.387. The van der Waals surface area contributed by atoms with E-state index in [1.807, 2.05) is 13.8 Å². The van der Waals surface area contributed by atoms with Crippen molar-refractivity contribution < 1.29 is 14.0 Å². The van der Waals surface area contributed by atoms with Crippen LogP contribution in [0.3, 0.4) is 0 Å². The van der Waals surface area contributed by atoms with E-state index in [0.717, 1.165) is 24.3 Å². The molecule has 1 aliphatic carbocycles. The number of urea groups is 1. The molecule has 2 rings (SSSR count). The molecule has 1 aromatic heterocycles. The number of rotatable bonds is 4. The Hall–Kier alpha value is -1.50. The van der Waals surface area contributed by atoms with Crippen LogP contribution in [-0.4, -0.2) is 28.2 Å². The Morgan fingerprint density at radius 1 is 1.42 bits per heavy atom. The van der Waals surface area contributed by atoms with Crippen LogP contribution in [0, 0.1) is 13.8 Å². The summed E-state index contributed by atoms with van der Waals surface area (Å²) in [6.07, 6.45) is 1.97. The molecule has 104 valence electrons. The Balaban J connectivity index is 1.82. The average molecular weight is 283 g/mol. The molecular formula is C12H17N3O3S. The lowest BCUT2D eigenvalue weighted by molar-refractivity contribution is -0.119. The number of amides is 3. The van der Waals surface area contributed by atoms with Gasteiger partial charge in [-0.05, 0) is 33.6 Å². The highest BCUT2D eigenvalue weighted by Crippen LogP contribution is 2.24. The van der Waals surface area contributed by atoms with Crippen LogP contribution in [0.15, 0.2) is 9.64 Å². The van der Waals surface area contributed by atoms with Crippen molar-refractivity contribution in [3.8, 4) is 0 Å². The number of oxazole rings is 1. The number of hydrogen-bond donors (Lipinski definition) is 2. The van der Waals surface area contributed by atoms with Gasteiger partial charge >= 0.3 is 6.03 Å². The van der Waals surface area contributed by atoms with Crippen LogP contribution in [0.1, 0.15) is 31.2 Å². The van der Waals surface area contributed by atoms with Gasteiger partial charge < -0.3 is 9.73 Å². The lowest BCUT2D eigenvalue weighted by Crippen LogP contribution is -2.43. The van der Waals surface area contributed by atoms with Gasteiger partial charge in [0.1, 0.15) is 5.76 Å². The molecule has 1 atom stereocenters. The van der Waals surface area contributed by atoms with E-state index in [0.29, 0.717) is 5.22 Å². The third-order valence-electron chi connectivity index (χ3n) is 2.81. The molecule has 1 heterocycles. The molecule has 0 bridgehead atoms. The van der Waals surface area contributed by atoms with Crippen molar-refractivity contribution in [3.05, 3.63) is 11.5 Å². The lowest BCUT2D eigenvalue weighted by atomic mass is 10.4. The zero-order valence-corrected chi connectivity index (χ0v) is 12.0. The summed E-state index contributed by atoms with van der Waals surface area (Å²) in [6.45, 7) is 5.37. The summed E-state index contributed by atoms with van der Waals surface area (Å²) in [7, 11) is 0.